The number of amides is 3. The molecule has 3 aromatic rings. The number of nitrogens with zero attached hydrogens (tertiary/aromatic N) is 2. The van der Waals surface area contributed by atoms with Gasteiger partial charge in [0.05, 0.1) is 12.6 Å². The molecule has 3 amide bonds. The Morgan fingerprint density at radius 1 is 0.884 bits per heavy atom. The molecule has 0 radical (unpaired) electrons. The summed E-state index contributed by atoms with van der Waals surface area (Å²) >= 11 is 0. The highest BCUT2D eigenvalue weighted by atomic mass is 19.1. The fraction of sp³-hybridized carbons (Fsp3) is 0.281. The molecular weight excluding hydrogens is 553 g/mol. The molecule has 0 saturated carbocycles. The van der Waals surface area contributed by atoms with E-state index in [-0.39, 0.29) is 31.3 Å². The number of hydroxylamine groups is 1. The topological polar surface area (TPSA) is 134 Å². The normalized spacial score (nSPS) is 14.3. The van der Waals surface area contributed by atoms with Crippen LogP contribution in [0.15, 0.2) is 72.8 Å². The first-order valence-corrected chi connectivity index (χ1v) is 13.4. The average molecular weight is 590 g/mol. The summed E-state index contributed by atoms with van der Waals surface area (Å²) in [5.74, 6) is 4.17. The molecule has 10 nitrogen and oxygen atoms in total. The van der Waals surface area contributed by atoms with Crippen molar-refractivity contribution in [3.63, 3.8) is 0 Å². The summed E-state index contributed by atoms with van der Waals surface area (Å²) in [5.41, 5.74) is 4.70. The molecule has 1 saturated heterocycles. The lowest BCUT2D eigenvalue weighted by molar-refractivity contribution is -0.133. The molecule has 0 spiro atoms. The maximum Gasteiger partial charge on any atom is 0.268 e. The number of carbonyl (C=O) groups is 3. The molecule has 11 heteroatoms. The van der Waals surface area contributed by atoms with Crippen molar-refractivity contribution in [3.05, 3.63) is 95.3 Å². The highest BCUT2D eigenvalue weighted by Gasteiger charge is 2.25. The lowest BCUT2D eigenvalue weighted by Gasteiger charge is -2.35. The van der Waals surface area contributed by atoms with E-state index < -0.39 is 24.0 Å². The minimum atomic E-state index is -1.31. The first kappa shape index (κ1) is 32.8. The number of hydrogen-bond acceptors (Lipinski definition) is 7. The van der Waals surface area contributed by atoms with E-state index >= 15 is 0 Å². The fourth-order valence-corrected chi connectivity index (χ4v) is 4.41. The lowest BCUT2D eigenvalue weighted by atomic mass is 10.1. The van der Waals surface area contributed by atoms with Gasteiger partial charge in [0, 0.05) is 54.2 Å². The van der Waals surface area contributed by atoms with E-state index in [0.29, 0.717) is 11.3 Å². The average Bonchev–Trinajstić information content (AvgIpc) is 3.00. The summed E-state index contributed by atoms with van der Waals surface area (Å²) < 4.78 is 13.2. The maximum atomic E-state index is 13.2. The van der Waals surface area contributed by atoms with Gasteiger partial charge in [-0.15, -0.1) is 0 Å². The molecule has 1 heterocycles. The van der Waals surface area contributed by atoms with E-state index in [4.69, 9.17) is 5.21 Å². The van der Waals surface area contributed by atoms with Crippen molar-refractivity contribution in [2.75, 3.05) is 42.9 Å². The number of carbonyl (C=O) groups excluding carboxylic acids is 3. The van der Waals surface area contributed by atoms with Crippen molar-refractivity contribution in [1.82, 2.24) is 15.7 Å². The Hall–Kier alpha value is -4.76. The van der Waals surface area contributed by atoms with Crippen molar-refractivity contribution in [2.24, 2.45) is 0 Å². The standard InChI is InChI=1S/C31H32FN5O5.CH4/c1-21(38)29(31(41)35-42)34-30(40)24-8-4-22(5-9-24)2-3-23-6-12-26(13-7-23)33-28(39)20-36-16-18-37(19-17-36)27-14-10-25(32)11-15-27;/h4-15,21,29,38,42H,16-20H2,1H3,(H,33,39)(H,34,40)(H,35,41);1H4/t21-,29+;/m1./s1. The first-order chi connectivity index (χ1) is 20.2. The van der Waals surface area contributed by atoms with Gasteiger partial charge < -0.3 is 20.6 Å². The lowest BCUT2D eigenvalue weighted by Crippen LogP contribution is -2.51. The van der Waals surface area contributed by atoms with Gasteiger partial charge in [0.25, 0.3) is 11.8 Å². The zero-order valence-electron chi connectivity index (χ0n) is 23.0. The third kappa shape index (κ3) is 9.37. The van der Waals surface area contributed by atoms with E-state index in [0.717, 1.165) is 37.4 Å². The second-order valence-electron chi connectivity index (χ2n) is 9.86. The van der Waals surface area contributed by atoms with Crippen LogP contribution in [0.2, 0.25) is 0 Å². The molecule has 0 aromatic heterocycles. The highest BCUT2D eigenvalue weighted by molar-refractivity contribution is 5.97. The SMILES string of the molecule is C.C[C@@H](O)[C@H](NC(=O)c1ccc(C#Cc2ccc(NC(=O)CN3CCN(c4ccc(F)cc4)CC3)cc2)cc1)C(=O)NO. The van der Waals surface area contributed by atoms with Gasteiger partial charge >= 0.3 is 0 Å². The van der Waals surface area contributed by atoms with Gasteiger partial charge in [-0.3, -0.25) is 24.5 Å². The van der Waals surface area contributed by atoms with Crippen molar-refractivity contribution in [3.8, 4) is 11.8 Å². The van der Waals surface area contributed by atoms with Crippen molar-refractivity contribution < 1.29 is 29.1 Å². The van der Waals surface area contributed by atoms with E-state index in [9.17, 15) is 23.9 Å². The predicted molar refractivity (Wildman–Crippen MR) is 162 cm³/mol. The predicted octanol–water partition coefficient (Wildman–Crippen LogP) is 2.61. The third-order valence-corrected chi connectivity index (χ3v) is 6.76. The Morgan fingerprint density at radius 2 is 1.44 bits per heavy atom. The number of halogens is 1. The quantitative estimate of drug-likeness (QED) is 0.155. The number of anilines is 2. The molecule has 43 heavy (non-hydrogen) atoms. The van der Waals surface area contributed by atoms with Gasteiger partial charge in [0.2, 0.25) is 5.91 Å². The van der Waals surface area contributed by atoms with E-state index in [1.54, 1.807) is 48.5 Å². The Balaban J connectivity index is 0.00000506. The fourth-order valence-electron chi connectivity index (χ4n) is 4.41. The molecule has 3 aromatic carbocycles. The van der Waals surface area contributed by atoms with Crippen molar-refractivity contribution in [1.29, 1.82) is 0 Å². The minimum absolute atomic E-state index is 0. The number of aliphatic hydroxyl groups excluding tert-OH is 1. The summed E-state index contributed by atoms with van der Waals surface area (Å²) in [6.07, 6.45) is -1.21. The van der Waals surface area contributed by atoms with Crippen LogP contribution in [0, 0.1) is 17.7 Å². The molecular formula is C32H36FN5O5. The molecule has 226 valence electrons. The molecule has 5 N–H and O–H groups in total. The number of nitrogens with one attached hydrogen (secondary N) is 3. The third-order valence-electron chi connectivity index (χ3n) is 6.76. The molecule has 1 aliphatic rings. The molecule has 1 fully saturated rings. The second-order valence-corrected chi connectivity index (χ2v) is 9.86. The van der Waals surface area contributed by atoms with E-state index in [2.05, 4.69) is 32.3 Å². The van der Waals surface area contributed by atoms with Gasteiger partial charge in [-0.05, 0) is 79.7 Å². The second kappa shape index (κ2) is 15.5. The van der Waals surface area contributed by atoms with Crippen LogP contribution < -0.4 is 21.0 Å². The molecule has 0 unspecified atom stereocenters. The summed E-state index contributed by atoms with van der Waals surface area (Å²) in [6, 6.07) is 18.7. The van der Waals surface area contributed by atoms with Crippen LogP contribution in [-0.2, 0) is 9.59 Å². The number of piperazine rings is 1. The van der Waals surface area contributed by atoms with Gasteiger partial charge in [-0.25, -0.2) is 9.87 Å². The van der Waals surface area contributed by atoms with Gasteiger partial charge in [-0.1, -0.05) is 19.3 Å². The van der Waals surface area contributed by atoms with Crippen LogP contribution in [0.25, 0.3) is 0 Å². The van der Waals surface area contributed by atoms with Gasteiger partial charge in [0.15, 0.2) is 0 Å². The van der Waals surface area contributed by atoms with E-state index in [1.807, 2.05) is 0 Å². The molecule has 4 rings (SSSR count). The molecule has 0 aliphatic carbocycles. The Morgan fingerprint density at radius 3 is 1.98 bits per heavy atom. The smallest absolute Gasteiger partial charge is 0.268 e. The molecule has 1 aliphatic heterocycles. The molecule has 2 atom stereocenters. The van der Waals surface area contributed by atoms with Crippen LogP contribution in [0.4, 0.5) is 15.8 Å². The number of aliphatic hydroxyl groups is 1. The van der Waals surface area contributed by atoms with E-state index in [1.165, 1.54) is 36.7 Å². The Bertz CT molecular complexity index is 1440. The first-order valence-electron chi connectivity index (χ1n) is 13.4. The largest absolute Gasteiger partial charge is 0.391 e. The Kier molecular flexibility index (Phi) is 11.8. The van der Waals surface area contributed by atoms with Crippen LogP contribution in [0.1, 0.15) is 35.8 Å². The maximum absolute atomic E-state index is 13.2. The van der Waals surface area contributed by atoms with Crippen LogP contribution in [0.5, 0.6) is 0 Å². The Labute approximate surface area is 250 Å². The van der Waals surface area contributed by atoms with Gasteiger partial charge in [-0.2, -0.15) is 0 Å². The van der Waals surface area contributed by atoms with Crippen LogP contribution in [0.3, 0.4) is 0 Å². The molecule has 0 bridgehead atoms. The summed E-state index contributed by atoms with van der Waals surface area (Å²) in [7, 11) is 0. The van der Waals surface area contributed by atoms with Crippen LogP contribution in [-0.4, -0.2) is 77.8 Å². The van der Waals surface area contributed by atoms with Gasteiger partial charge in [0.1, 0.15) is 11.9 Å². The highest BCUT2D eigenvalue weighted by Crippen LogP contribution is 2.17. The van der Waals surface area contributed by atoms with Crippen molar-refractivity contribution in [2.45, 2.75) is 26.5 Å². The van der Waals surface area contributed by atoms with Crippen LogP contribution >= 0.6 is 0 Å². The summed E-state index contributed by atoms with van der Waals surface area (Å²) in [5, 5.41) is 23.7. The summed E-state index contributed by atoms with van der Waals surface area (Å²) in [4.78, 5) is 40.9. The zero-order chi connectivity index (χ0) is 30.1. The monoisotopic (exact) mass is 589 g/mol. The zero-order valence-corrected chi connectivity index (χ0v) is 23.0. The number of rotatable bonds is 8. The number of benzene rings is 3. The summed E-state index contributed by atoms with van der Waals surface area (Å²) in [6.45, 7) is 4.58. The minimum Gasteiger partial charge on any atom is -0.391 e. The van der Waals surface area contributed by atoms with Crippen molar-refractivity contribution >= 4 is 29.1 Å². The number of hydrogen-bond donors (Lipinski definition) is 5.